The van der Waals surface area contributed by atoms with E-state index in [-0.39, 0.29) is 23.2 Å². The van der Waals surface area contributed by atoms with E-state index < -0.39 is 4.92 Å². The molecule has 2 aromatic rings. The predicted octanol–water partition coefficient (Wildman–Crippen LogP) is 2.08. The summed E-state index contributed by atoms with van der Waals surface area (Å²) in [5.41, 5.74) is 2.97. The molecule has 0 amide bonds. The molecule has 0 atom stereocenters. The molecule has 0 aliphatic heterocycles. The van der Waals surface area contributed by atoms with Gasteiger partial charge in [-0.2, -0.15) is 4.98 Å². The highest BCUT2D eigenvalue weighted by Crippen LogP contribution is 2.33. The van der Waals surface area contributed by atoms with Crippen LogP contribution in [0.3, 0.4) is 0 Å². The van der Waals surface area contributed by atoms with Gasteiger partial charge < -0.3 is 4.74 Å². The number of nitrogen functional groups attached to an aromatic ring is 1. The van der Waals surface area contributed by atoms with Crippen molar-refractivity contribution in [2.45, 2.75) is 13.8 Å². The van der Waals surface area contributed by atoms with Gasteiger partial charge >= 0.3 is 11.6 Å². The number of aromatic nitrogens is 2. The lowest BCUT2D eigenvalue weighted by molar-refractivity contribution is -0.386. The predicted molar refractivity (Wildman–Crippen MR) is 72.5 cm³/mol. The fourth-order valence-corrected chi connectivity index (χ4v) is 1.66. The second-order valence-corrected chi connectivity index (χ2v) is 4.06. The van der Waals surface area contributed by atoms with Gasteiger partial charge in [0.1, 0.15) is 11.4 Å². The van der Waals surface area contributed by atoms with E-state index in [1.807, 2.05) is 19.1 Å². The number of benzene rings is 1. The van der Waals surface area contributed by atoms with Crippen LogP contribution < -0.4 is 16.0 Å². The first kappa shape index (κ1) is 13.7. The second-order valence-electron chi connectivity index (χ2n) is 4.06. The summed E-state index contributed by atoms with van der Waals surface area (Å²) in [6, 6.07) is 7.14. The van der Waals surface area contributed by atoms with Crippen LogP contribution >= 0.6 is 0 Å². The fraction of sp³-hybridized carbons (Fsp3) is 0.167. The molecule has 8 heteroatoms. The number of hydrogen-bond acceptors (Lipinski definition) is 7. The van der Waals surface area contributed by atoms with Crippen LogP contribution in [-0.4, -0.2) is 14.9 Å². The minimum atomic E-state index is -0.580. The van der Waals surface area contributed by atoms with Gasteiger partial charge in [0.25, 0.3) is 0 Å². The minimum Gasteiger partial charge on any atom is -0.433 e. The number of nitro groups is 1. The molecule has 0 radical (unpaired) electrons. The van der Waals surface area contributed by atoms with Crippen LogP contribution in [-0.2, 0) is 0 Å². The molecule has 2 rings (SSSR count). The molecule has 3 N–H and O–H groups in total. The standard InChI is InChI=1S/C12H13N5O3/c1-7-5-3-4-6-9(7)20-11-10(17(18)19)8(2)14-12(15-11)16-13/h3-6H,13H2,1-2H3,(H,14,15,16). The van der Waals surface area contributed by atoms with Crippen molar-refractivity contribution < 1.29 is 9.66 Å². The van der Waals surface area contributed by atoms with E-state index in [1.54, 1.807) is 12.1 Å². The molecule has 0 saturated carbocycles. The number of hydrazine groups is 1. The molecule has 1 heterocycles. The van der Waals surface area contributed by atoms with Gasteiger partial charge in [0.15, 0.2) is 0 Å². The minimum absolute atomic E-state index is 0.0525. The molecule has 0 fully saturated rings. The summed E-state index contributed by atoms with van der Waals surface area (Å²) < 4.78 is 5.54. The number of ether oxygens (including phenoxy) is 1. The van der Waals surface area contributed by atoms with Gasteiger partial charge in [-0.25, -0.2) is 10.8 Å². The van der Waals surface area contributed by atoms with Crippen LogP contribution in [0.5, 0.6) is 11.6 Å². The monoisotopic (exact) mass is 275 g/mol. The molecule has 1 aromatic heterocycles. The Morgan fingerprint density at radius 3 is 2.60 bits per heavy atom. The summed E-state index contributed by atoms with van der Waals surface area (Å²) in [6.07, 6.45) is 0. The summed E-state index contributed by atoms with van der Waals surface area (Å²) in [4.78, 5) is 18.3. The molecule has 20 heavy (non-hydrogen) atoms. The largest absolute Gasteiger partial charge is 0.433 e. The molecule has 0 aliphatic carbocycles. The van der Waals surface area contributed by atoms with Crippen molar-refractivity contribution in [2.75, 3.05) is 5.43 Å². The van der Waals surface area contributed by atoms with Gasteiger partial charge in [0, 0.05) is 0 Å². The van der Waals surface area contributed by atoms with E-state index in [9.17, 15) is 10.1 Å². The second kappa shape index (κ2) is 5.49. The van der Waals surface area contributed by atoms with E-state index in [4.69, 9.17) is 10.6 Å². The van der Waals surface area contributed by atoms with Gasteiger partial charge in [-0.3, -0.25) is 15.5 Å². The Kier molecular flexibility index (Phi) is 3.76. The Labute approximate surface area is 114 Å². The summed E-state index contributed by atoms with van der Waals surface area (Å²) in [7, 11) is 0. The van der Waals surface area contributed by atoms with Crippen LogP contribution in [0.25, 0.3) is 0 Å². The van der Waals surface area contributed by atoms with Crippen LogP contribution in [0.2, 0.25) is 0 Å². The Hall–Kier alpha value is -2.74. The van der Waals surface area contributed by atoms with Crippen molar-refractivity contribution in [2.24, 2.45) is 5.84 Å². The number of anilines is 1. The molecule has 8 nitrogen and oxygen atoms in total. The van der Waals surface area contributed by atoms with Crippen molar-refractivity contribution in [3.63, 3.8) is 0 Å². The molecular weight excluding hydrogens is 262 g/mol. The zero-order valence-corrected chi connectivity index (χ0v) is 11.0. The number of nitrogens with zero attached hydrogens (tertiary/aromatic N) is 3. The summed E-state index contributed by atoms with van der Waals surface area (Å²) in [5, 5.41) is 11.1. The van der Waals surface area contributed by atoms with Gasteiger partial charge in [0.2, 0.25) is 5.95 Å². The number of aryl methyl sites for hydroxylation is 2. The molecule has 0 unspecified atom stereocenters. The molecule has 0 aliphatic rings. The Morgan fingerprint density at radius 2 is 2.00 bits per heavy atom. The average Bonchev–Trinajstić information content (AvgIpc) is 2.40. The third-order valence-corrected chi connectivity index (χ3v) is 2.64. The zero-order valence-electron chi connectivity index (χ0n) is 11.0. The van der Waals surface area contributed by atoms with Gasteiger partial charge in [-0.05, 0) is 25.5 Å². The molecule has 0 saturated heterocycles. The summed E-state index contributed by atoms with van der Waals surface area (Å²) in [6.45, 7) is 3.32. The van der Waals surface area contributed by atoms with Crippen molar-refractivity contribution in [3.8, 4) is 11.6 Å². The Morgan fingerprint density at radius 1 is 1.30 bits per heavy atom. The lowest BCUT2D eigenvalue weighted by atomic mass is 10.2. The number of nitrogens with two attached hydrogens (primary N) is 1. The van der Waals surface area contributed by atoms with Crippen molar-refractivity contribution in [1.29, 1.82) is 0 Å². The first-order valence-electron chi connectivity index (χ1n) is 5.76. The normalized spacial score (nSPS) is 10.2. The van der Waals surface area contributed by atoms with Crippen LogP contribution in [0.1, 0.15) is 11.3 Å². The highest BCUT2D eigenvalue weighted by Gasteiger charge is 2.24. The molecule has 0 spiro atoms. The smallest absolute Gasteiger partial charge is 0.352 e. The van der Waals surface area contributed by atoms with Crippen molar-refractivity contribution in [3.05, 3.63) is 45.6 Å². The van der Waals surface area contributed by atoms with Gasteiger partial charge in [-0.15, -0.1) is 0 Å². The molecular formula is C12H13N5O3. The van der Waals surface area contributed by atoms with Gasteiger partial charge in [-0.1, -0.05) is 18.2 Å². The number of hydrogen-bond donors (Lipinski definition) is 2. The van der Waals surface area contributed by atoms with E-state index >= 15 is 0 Å². The molecule has 0 bridgehead atoms. The SMILES string of the molecule is Cc1ccccc1Oc1nc(NN)nc(C)c1[N+](=O)[O-]. The first-order chi connectivity index (χ1) is 9.52. The topological polar surface area (TPSA) is 116 Å². The van der Waals surface area contributed by atoms with E-state index in [0.717, 1.165) is 5.56 Å². The van der Waals surface area contributed by atoms with Crippen LogP contribution in [0.15, 0.2) is 24.3 Å². The number of para-hydroxylation sites is 1. The lowest BCUT2D eigenvalue weighted by Crippen LogP contribution is -2.12. The third kappa shape index (κ3) is 2.64. The van der Waals surface area contributed by atoms with Crippen molar-refractivity contribution >= 4 is 11.6 Å². The van der Waals surface area contributed by atoms with E-state index in [0.29, 0.717) is 5.75 Å². The highest BCUT2D eigenvalue weighted by atomic mass is 16.6. The summed E-state index contributed by atoms with van der Waals surface area (Å²) >= 11 is 0. The number of rotatable bonds is 4. The maximum atomic E-state index is 11.1. The highest BCUT2D eigenvalue weighted by molar-refractivity contribution is 5.50. The van der Waals surface area contributed by atoms with E-state index in [1.165, 1.54) is 6.92 Å². The first-order valence-corrected chi connectivity index (χ1v) is 5.76. The van der Waals surface area contributed by atoms with E-state index in [2.05, 4.69) is 15.4 Å². The molecule has 1 aromatic carbocycles. The Bertz CT molecular complexity index is 660. The lowest BCUT2D eigenvalue weighted by Gasteiger charge is -2.09. The maximum absolute atomic E-state index is 11.1. The maximum Gasteiger partial charge on any atom is 0.352 e. The van der Waals surface area contributed by atoms with Crippen LogP contribution in [0, 0.1) is 24.0 Å². The average molecular weight is 275 g/mol. The molecule has 104 valence electrons. The zero-order chi connectivity index (χ0) is 14.7. The van der Waals surface area contributed by atoms with Gasteiger partial charge in [0.05, 0.1) is 4.92 Å². The summed E-state index contributed by atoms with van der Waals surface area (Å²) in [5.74, 6) is 5.62. The fourth-order valence-electron chi connectivity index (χ4n) is 1.66. The third-order valence-electron chi connectivity index (χ3n) is 2.64. The van der Waals surface area contributed by atoms with Crippen LogP contribution in [0.4, 0.5) is 11.6 Å². The quantitative estimate of drug-likeness (QED) is 0.498. The Balaban J connectivity index is 2.52. The number of nitrogens with one attached hydrogen (secondary N) is 1. The van der Waals surface area contributed by atoms with Crippen molar-refractivity contribution in [1.82, 2.24) is 9.97 Å².